The van der Waals surface area contributed by atoms with Crippen LogP contribution in [0.3, 0.4) is 0 Å². The van der Waals surface area contributed by atoms with E-state index in [1.165, 1.54) is 18.2 Å². The minimum Gasteiger partial charge on any atom is -0.322 e. The van der Waals surface area contributed by atoms with Gasteiger partial charge in [-0.15, -0.1) is 0 Å². The van der Waals surface area contributed by atoms with Crippen LogP contribution in [-0.4, -0.2) is 5.91 Å². The molecule has 19 heavy (non-hydrogen) atoms. The Hall–Kier alpha value is -0.910. The van der Waals surface area contributed by atoms with Crippen molar-refractivity contribution >= 4 is 55.1 Å². The third-order valence-corrected chi connectivity index (χ3v) is 3.59. The van der Waals surface area contributed by atoms with Crippen LogP contribution < -0.4 is 5.32 Å². The highest BCUT2D eigenvalue weighted by atomic mass is 79.9. The van der Waals surface area contributed by atoms with Gasteiger partial charge in [0.05, 0.1) is 4.47 Å². The molecule has 2 aromatic rings. The molecule has 0 aliphatic rings. The normalized spacial score (nSPS) is 10.3. The second-order valence-corrected chi connectivity index (χ2v) is 5.95. The molecule has 0 aromatic heterocycles. The number of rotatable bonds is 2. The minimum absolute atomic E-state index is 0.289. The molecule has 6 heteroatoms. The van der Waals surface area contributed by atoms with Gasteiger partial charge in [0.2, 0.25) is 0 Å². The SMILES string of the molecule is O=C(Nc1ccc(F)c(Br)c1)c1cc(Cl)cc(Br)c1. The van der Waals surface area contributed by atoms with E-state index >= 15 is 0 Å². The molecule has 1 amide bonds. The van der Waals surface area contributed by atoms with E-state index in [2.05, 4.69) is 37.2 Å². The second kappa shape index (κ2) is 6.03. The summed E-state index contributed by atoms with van der Waals surface area (Å²) >= 11 is 12.2. The number of amides is 1. The van der Waals surface area contributed by atoms with Gasteiger partial charge in [0, 0.05) is 20.7 Å². The Kier molecular flexibility index (Phi) is 4.60. The molecule has 0 atom stereocenters. The number of halogens is 4. The van der Waals surface area contributed by atoms with Crippen molar-refractivity contribution in [3.8, 4) is 0 Å². The first-order valence-corrected chi connectivity index (χ1v) is 7.14. The van der Waals surface area contributed by atoms with E-state index in [1.807, 2.05) is 0 Å². The first kappa shape index (κ1) is 14.5. The van der Waals surface area contributed by atoms with Crippen LogP contribution >= 0.6 is 43.5 Å². The van der Waals surface area contributed by atoms with E-state index in [-0.39, 0.29) is 16.2 Å². The third-order valence-electron chi connectivity index (χ3n) is 2.30. The Morgan fingerprint density at radius 1 is 1.16 bits per heavy atom. The number of carbonyl (C=O) groups excluding carboxylic acids is 1. The van der Waals surface area contributed by atoms with E-state index in [0.717, 1.165) is 0 Å². The number of hydrogen-bond acceptors (Lipinski definition) is 1. The summed E-state index contributed by atoms with van der Waals surface area (Å²) in [6.45, 7) is 0. The van der Waals surface area contributed by atoms with Crippen LogP contribution in [-0.2, 0) is 0 Å². The maximum atomic E-state index is 13.1. The van der Waals surface area contributed by atoms with Crippen LogP contribution in [0.1, 0.15) is 10.4 Å². The van der Waals surface area contributed by atoms with E-state index in [0.29, 0.717) is 20.7 Å². The molecule has 98 valence electrons. The molecule has 1 N–H and O–H groups in total. The fourth-order valence-corrected chi connectivity index (χ4v) is 2.70. The van der Waals surface area contributed by atoms with Crippen LogP contribution in [0.5, 0.6) is 0 Å². The van der Waals surface area contributed by atoms with Gasteiger partial charge in [-0.05, 0) is 52.3 Å². The number of nitrogens with one attached hydrogen (secondary N) is 1. The zero-order valence-electron chi connectivity index (χ0n) is 9.38. The van der Waals surface area contributed by atoms with Crippen molar-refractivity contribution in [3.63, 3.8) is 0 Å². The zero-order valence-corrected chi connectivity index (χ0v) is 13.3. The van der Waals surface area contributed by atoms with Crippen LogP contribution in [0.15, 0.2) is 45.3 Å². The van der Waals surface area contributed by atoms with Crippen molar-refractivity contribution in [2.75, 3.05) is 5.32 Å². The highest BCUT2D eigenvalue weighted by molar-refractivity contribution is 9.10. The summed E-state index contributed by atoms with van der Waals surface area (Å²) in [6, 6.07) is 9.14. The summed E-state index contributed by atoms with van der Waals surface area (Å²) in [7, 11) is 0. The Morgan fingerprint density at radius 3 is 2.53 bits per heavy atom. The first-order chi connectivity index (χ1) is 8.95. The molecule has 0 radical (unpaired) electrons. The summed E-state index contributed by atoms with van der Waals surface area (Å²) < 4.78 is 14.1. The number of hydrogen-bond donors (Lipinski definition) is 1. The van der Waals surface area contributed by atoms with Crippen molar-refractivity contribution in [2.24, 2.45) is 0 Å². The fourth-order valence-electron chi connectivity index (χ4n) is 1.46. The van der Waals surface area contributed by atoms with Crippen LogP contribution in [0.4, 0.5) is 10.1 Å². The van der Waals surface area contributed by atoms with E-state index in [9.17, 15) is 9.18 Å². The van der Waals surface area contributed by atoms with Gasteiger partial charge < -0.3 is 5.32 Å². The zero-order chi connectivity index (χ0) is 14.0. The van der Waals surface area contributed by atoms with Crippen LogP contribution in [0.25, 0.3) is 0 Å². The van der Waals surface area contributed by atoms with Crippen molar-refractivity contribution < 1.29 is 9.18 Å². The van der Waals surface area contributed by atoms with Gasteiger partial charge in [-0.25, -0.2) is 4.39 Å². The molecule has 2 nitrogen and oxygen atoms in total. The van der Waals surface area contributed by atoms with Crippen molar-refractivity contribution in [2.45, 2.75) is 0 Å². The van der Waals surface area contributed by atoms with Crippen molar-refractivity contribution in [3.05, 3.63) is 61.7 Å². The molecule has 0 spiro atoms. The first-order valence-electron chi connectivity index (χ1n) is 5.18. The molecular formula is C13H7Br2ClFNO. The topological polar surface area (TPSA) is 29.1 Å². The molecule has 0 bridgehead atoms. The summed E-state index contributed by atoms with van der Waals surface area (Å²) in [5, 5.41) is 3.12. The van der Waals surface area contributed by atoms with Gasteiger partial charge in [-0.1, -0.05) is 27.5 Å². The Bertz CT molecular complexity index is 628. The van der Waals surface area contributed by atoms with E-state index in [4.69, 9.17) is 11.6 Å². The smallest absolute Gasteiger partial charge is 0.255 e. The third kappa shape index (κ3) is 3.78. The molecule has 0 unspecified atom stereocenters. The highest BCUT2D eigenvalue weighted by Crippen LogP contribution is 2.22. The monoisotopic (exact) mass is 405 g/mol. The van der Waals surface area contributed by atoms with Crippen LogP contribution in [0.2, 0.25) is 5.02 Å². The highest BCUT2D eigenvalue weighted by Gasteiger charge is 2.09. The lowest BCUT2D eigenvalue weighted by molar-refractivity contribution is 0.102. The lowest BCUT2D eigenvalue weighted by Crippen LogP contribution is -2.12. The average Bonchev–Trinajstić information content (AvgIpc) is 2.32. The number of carbonyl (C=O) groups is 1. The molecule has 0 heterocycles. The standard InChI is InChI=1S/C13H7Br2ClFNO/c14-8-3-7(4-9(16)5-8)13(19)18-10-1-2-12(17)11(15)6-10/h1-6H,(H,18,19). The fraction of sp³-hybridized carbons (Fsp3) is 0. The Balaban J connectivity index is 2.22. The molecule has 0 aliphatic heterocycles. The number of benzene rings is 2. The molecule has 0 aliphatic carbocycles. The quantitative estimate of drug-likeness (QED) is 0.723. The summed E-state index contributed by atoms with van der Waals surface area (Å²) in [6.07, 6.45) is 0. The van der Waals surface area contributed by atoms with E-state index in [1.54, 1.807) is 18.2 Å². The predicted octanol–water partition coefficient (Wildman–Crippen LogP) is 5.26. The van der Waals surface area contributed by atoms with Crippen molar-refractivity contribution in [1.82, 2.24) is 0 Å². The molecule has 0 fully saturated rings. The summed E-state index contributed by atoms with van der Waals surface area (Å²) in [4.78, 5) is 12.0. The maximum Gasteiger partial charge on any atom is 0.255 e. The average molecular weight is 407 g/mol. The van der Waals surface area contributed by atoms with Crippen molar-refractivity contribution in [1.29, 1.82) is 0 Å². The molecule has 0 saturated heterocycles. The summed E-state index contributed by atoms with van der Waals surface area (Å²) in [5.41, 5.74) is 0.911. The van der Waals surface area contributed by atoms with Gasteiger partial charge in [0.1, 0.15) is 5.82 Å². The van der Waals surface area contributed by atoms with Gasteiger partial charge in [-0.3, -0.25) is 4.79 Å². The van der Waals surface area contributed by atoms with Gasteiger partial charge in [-0.2, -0.15) is 0 Å². The number of anilines is 1. The van der Waals surface area contributed by atoms with Gasteiger partial charge >= 0.3 is 0 Å². The largest absolute Gasteiger partial charge is 0.322 e. The lowest BCUT2D eigenvalue weighted by atomic mass is 10.2. The van der Waals surface area contributed by atoms with Gasteiger partial charge in [0.25, 0.3) is 5.91 Å². The Morgan fingerprint density at radius 2 is 1.89 bits per heavy atom. The van der Waals surface area contributed by atoms with Crippen LogP contribution in [0, 0.1) is 5.82 Å². The predicted molar refractivity (Wildman–Crippen MR) is 81.2 cm³/mol. The van der Waals surface area contributed by atoms with Gasteiger partial charge in [0.15, 0.2) is 0 Å². The minimum atomic E-state index is -0.386. The maximum absolute atomic E-state index is 13.1. The lowest BCUT2D eigenvalue weighted by Gasteiger charge is -2.07. The molecular weight excluding hydrogens is 400 g/mol. The summed E-state index contributed by atoms with van der Waals surface area (Å²) in [5.74, 6) is -0.704. The van der Waals surface area contributed by atoms with E-state index < -0.39 is 0 Å². The molecule has 0 saturated carbocycles. The second-order valence-electron chi connectivity index (χ2n) is 3.74. The molecule has 2 aromatic carbocycles. The Labute approximate surface area is 131 Å². The molecule has 2 rings (SSSR count).